The maximum absolute atomic E-state index is 12.9. The predicted octanol–water partition coefficient (Wildman–Crippen LogP) is 12.1. The second-order valence-corrected chi connectivity index (χ2v) is 15.0. The Bertz CT molecular complexity index is 1580. The maximum Gasteiger partial charge on any atom is 0.453 e. The number of allylic oxidation sites excluding steroid dienone is 3. The monoisotopic (exact) mass is 782 g/mol. The molecule has 0 saturated heterocycles. The fourth-order valence-electron chi connectivity index (χ4n) is 5.79. The first-order valence-corrected chi connectivity index (χ1v) is 19.9. The molecule has 4 rings (SSSR count). The van der Waals surface area contributed by atoms with Crippen LogP contribution in [0, 0.1) is 0 Å². The number of thioether (sulfide) groups is 2. The third-order valence-electron chi connectivity index (χ3n) is 8.70. The molecule has 53 heavy (non-hydrogen) atoms. The lowest BCUT2D eigenvalue weighted by Gasteiger charge is -2.43. The number of ether oxygens (including phenoxy) is 3. The van der Waals surface area contributed by atoms with Crippen LogP contribution in [0.3, 0.4) is 0 Å². The summed E-state index contributed by atoms with van der Waals surface area (Å²) in [5.41, 5.74) is 2.18. The van der Waals surface area contributed by atoms with Gasteiger partial charge in [0, 0.05) is 28.2 Å². The van der Waals surface area contributed by atoms with E-state index in [0.717, 1.165) is 47.8 Å². The highest BCUT2D eigenvalue weighted by Gasteiger charge is 2.56. The van der Waals surface area contributed by atoms with Crippen molar-refractivity contribution in [3.05, 3.63) is 102 Å². The lowest BCUT2D eigenvalue weighted by molar-refractivity contribution is -0.284. The molecule has 0 saturated carbocycles. The molecule has 1 unspecified atom stereocenters. The molecule has 1 heterocycles. The van der Waals surface area contributed by atoms with E-state index in [9.17, 15) is 32.2 Å². The highest BCUT2D eigenvalue weighted by atomic mass is 32.2. The first kappa shape index (κ1) is 43.9. The Kier molecular flexibility index (Phi) is 17.7. The van der Waals surface area contributed by atoms with Gasteiger partial charge in [-0.1, -0.05) is 38.1 Å². The maximum atomic E-state index is 12.9. The van der Waals surface area contributed by atoms with Crippen molar-refractivity contribution in [1.82, 2.24) is 0 Å². The number of fused-ring (bicyclic) bond motifs is 1. The van der Waals surface area contributed by atoms with Gasteiger partial charge in [0.25, 0.3) is 0 Å². The molecule has 0 fully saturated rings. The minimum atomic E-state index is -5.50. The van der Waals surface area contributed by atoms with Crippen LogP contribution < -0.4 is 9.47 Å². The van der Waals surface area contributed by atoms with Crippen LogP contribution in [0.25, 0.3) is 0 Å². The number of rotatable bonds is 18. The van der Waals surface area contributed by atoms with Gasteiger partial charge in [0.15, 0.2) is 0 Å². The Balaban J connectivity index is 0.000000661. The molecule has 2 N–H and O–H groups in total. The first-order valence-electron chi connectivity index (χ1n) is 17.8. The Labute approximate surface area is 319 Å². The molecular formula is C41H51F5O5S2. The Morgan fingerprint density at radius 2 is 1.51 bits per heavy atom. The topological polar surface area (TPSA) is 68.2 Å². The molecule has 0 radical (unpaired) electrons. The van der Waals surface area contributed by atoms with E-state index in [-0.39, 0.29) is 35.0 Å². The molecular weight excluding hydrogens is 732 g/mol. The Morgan fingerprint density at radius 1 is 0.868 bits per heavy atom. The lowest BCUT2D eigenvalue weighted by atomic mass is 9.68. The van der Waals surface area contributed by atoms with Crippen LogP contribution in [0.5, 0.6) is 23.0 Å². The fraction of sp³-hybridized carbons (Fsp3) is 0.463. The van der Waals surface area contributed by atoms with Crippen LogP contribution in [0.15, 0.2) is 95.6 Å². The molecule has 3 aromatic carbocycles. The third kappa shape index (κ3) is 13.7. The summed E-state index contributed by atoms with van der Waals surface area (Å²) in [6.07, 6.45) is 1.71. The summed E-state index contributed by atoms with van der Waals surface area (Å²) in [5.74, 6) is -0.198. The van der Waals surface area contributed by atoms with Gasteiger partial charge >= 0.3 is 12.1 Å². The summed E-state index contributed by atoms with van der Waals surface area (Å²) in [4.78, 5) is 1.08. The lowest BCUT2D eigenvalue weighted by Crippen LogP contribution is -2.36. The molecule has 1 aliphatic rings. The first-order chi connectivity index (χ1) is 25.2. The van der Waals surface area contributed by atoms with E-state index in [2.05, 4.69) is 13.8 Å². The van der Waals surface area contributed by atoms with E-state index in [4.69, 9.17) is 14.2 Å². The Hall–Kier alpha value is -3.51. The summed E-state index contributed by atoms with van der Waals surface area (Å²) < 4.78 is 79.4. The number of alkyl halides is 5. The zero-order chi connectivity index (χ0) is 38.9. The number of halogens is 5. The standard InChI is InChI=1S/C32H35F5O4S2.C9H16O/c1-30(22-5-7-23(38)8-6-22)21-43-29-20-24(39)9-14-27(29)28(30)4-2-16-40-25-10-12-26(13-11-25)41-17-19-42-18-3-15-31(33,34)32(35,36)37;1-4-7-9(6-3)10-8-5-2/h5-14,20,28,38-39H,2-4,15-19,21H2,1H3;4,6-7H,5,8H2,1-3H3/b;7-4-,9-6+/t28?,30-;/m1./s1. The van der Waals surface area contributed by atoms with Gasteiger partial charge in [-0.3, -0.25) is 0 Å². The van der Waals surface area contributed by atoms with Gasteiger partial charge in [-0.25, -0.2) is 0 Å². The van der Waals surface area contributed by atoms with Gasteiger partial charge in [-0.05, 0) is 123 Å². The van der Waals surface area contributed by atoms with Gasteiger partial charge in [-0.15, -0.1) is 11.8 Å². The second kappa shape index (κ2) is 21.4. The summed E-state index contributed by atoms with van der Waals surface area (Å²) in [6.45, 7) is 9.93. The van der Waals surface area contributed by atoms with E-state index < -0.39 is 18.5 Å². The van der Waals surface area contributed by atoms with Crippen molar-refractivity contribution in [2.45, 2.75) is 88.1 Å². The molecule has 3 aromatic rings. The molecule has 292 valence electrons. The van der Waals surface area contributed by atoms with Gasteiger partial charge < -0.3 is 24.4 Å². The van der Waals surface area contributed by atoms with E-state index in [1.807, 2.05) is 56.3 Å². The van der Waals surface area contributed by atoms with E-state index >= 15 is 0 Å². The van der Waals surface area contributed by atoms with Gasteiger partial charge in [0.1, 0.15) is 28.8 Å². The van der Waals surface area contributed by atoms with Crippen molar-refractivity contribution in [3.8, 4) is 23.0 Å². The van der Waals surface area contributed by atoms with Crippen LogP contribution >= 0.6 is 23.5 Å². The zero-order valence-corrected chi connectivity index (χ0v) is 32.4. The molecule has 12 heteroatoms. The van der Waals surface area contributed by atoms with Crippen molar-refractivity contribution in [2.24, 2.45) is 0 Å². The van der Waals surface area contributed by atoms with Crippen molar-refractivity contribution in [2.75, 3.05) is 37.1 Å². The smallest absolute Gasteiger partial charge is 0.453 e. The quantitative estimate of drug-likeness (QED) is 0.0576. The molecule has 0 amide bonds. The summed E-state index contributed by atoms with van der Waals surface area (Å²) in [6, 6.07) is 20.1. The average Bonchev–Trinajstić information content (AvgIpc) is 3.12. The van der Waals surface area contributed by atoms with Crippen LogP contribution in [0.4, 0.5) is 22.0 Å². The molecule has 0 aliphatic carbocycles. The molecule has 0 aromatic heterocycles. The van der Waals surface area contributed by atoms with Crippen molar-refractivity contribution in [1.29, 1.82) is 0 Å². The van der Waals surface area contributed by atoms with Crippen molar-refractivity contribution >= 4 is 23.5 Å². The van der Waals surface area contributed by atoms with Crippen LogP contribution in [0.2, 0.25) is 0 Å². The highest BCUT2D eigenvalue weighted by Crippen LogP contribution is 2.52. The Morgan fingerprint density at radius 3 is 2.11 bits per heavy atom. The van der Waals surface area contributed by atoms with E-state index in [1.165, 1.54) is 17.3 Å². The second-order valence-electron chi connectivity index (χ2n) is 12.8. The number of hydrogen-bond acceptors (Lipinski definition) is 7. The van der Waals surface area contributed by atoms with Crippen molar-refractivity contribution < 1.29 is 46.4 Å². The molecule has 1 aliphatic heterocycles. The summed E-state index contributed by atoms with van der Waals surface area (Å²) in [7, 11) is 0. The largest absolute Gasteiger partial charge is 0.508 e. The number of phenols is 2. The van der Waals surface area contributed by atoms with Crippen LogP contribution in [-0.2, 0) is 10.2 Å². The van der Waals surface area contributed by atoms with Crippen LogP contribution in [0.1, 0.15) is 76.8 Å². The van der Waals surface area contributed by atoms with Gasteiger partial charge in [-0.2, -0.15) is 33.7 Å². The van der Waals surface area contributed by atoms with E-state index in [0.29, 0.717) is 30.5 Å². The zero-order valence-electron chi connectivity index (χ0n) is 30.8. The SMILES string of the molecule is C/C=C\C(=C/C)OCCC.C[C@]1(c2ccc(O)cc2)CSc2cc(O)ccc2C1CCCOc1ccc(OCCSCCCC(F)(F)C(F)(F)F)cc1. The van der Waals surface area contributed by atoms with Crippen molar-refractivity contribution in [3.63, 3.8) is 0 Å². The minimum Gasteiger partial charge on any atom is -0.508 e. The van der Waals surface area contributed by atoms with Gasteiger partial charge in [0.2, 0.25) is 0 Å². The summed E-state index contributed by atoms with van der Waals surface area (Å²) >= 11 is 3.00. The number of hydrogen-bond donors (Lipinski definition) is 2. The number of aromatic hydroxyl groups is 2. The highest BCUT2D eigenvalue weighted by molar-refractivity contribution is 7.99. The van der Waals surface area contributed by atoms with Gasteiger partial charge in [0.05, 0.1) is 19.8 Å². The normalized spacial score (nSPS) is 17.5. The van der Waals surface area contributed by atoms with Crippen LogP contribution in [-0.4, -0.2) is 59.4 Å². The molecule has 0 bridgehead atoms. The van der Waals surface area contributed by atoms with E-state index in [1.54, 1.807) is 54.2 Å². The third-order valence-corrected chi connectivity index (χ3v) is 11.1. The predicted molar refractivity (Wildman–Crippen MR) is 206 cm³/mol. The molecule has 5 nitrogen and oxygen atoms in total. The average molecular weight is 783 g/mol. The number of benzene rings is 3. The minimum absolute atomic E-state index is 0.173. The fourth-order valence-corrected chi connectivity index (χ4v) is 7.95. The molecule has 2 atom stereocenters. The summed E-state index contributed by atoms with van der Waals surface area (Å²) in [5, 5.41) is 19.8. The number of phenolic OH excluding ortho intramolecular Hbond substituents is 2. The molecule has 0 spiro atoms.